The highest BCUT2D eigenvalue weighted by molar-refractivity contribution is 7.98. The van der Waals surface area contributed by atoms with Gasteiger partial charge >= 0.3 is 0 Å². The van der Waals surface area contributed by atoms with Crippen molar-refractivity contribution in [1.82, 2.24) is 4.90 Å². The van der Waals surface area contributed by atoms with Crippen LogP contribution in [0.2, 0.25) is 0 Å². The summed E-state index contributed by atoms with van der Waals surface area (Å²) < 4.78 is 5.63. The van der Waals surface area contributed by atoms with Gasteiger partial charge in [-0.05, 0) is 26.6 Å². The Balaban J connectivity index is 2.58. The molecule has 1 saturated heterocycles. The molecule has 1 aliphatic rings. The summed E-state index contributed by atoms with van der Waals surface area (Å²) in [5, 5.41) is 0. The molecule has 2 unspecified atom stereocenters. The van der Waals surface area contributed by atoms with Gasteiger partial charge in [0.25, 0.3) is 0 Å². The molecule has 1 rings (SSSR count). The number of hydrogen-bond acceptors (Lipinski definition) is 4. The molecule has 4 heteroatoms. The minimum absolute atomic E-state index is 0.0791. The first-order chi connectivity index (χ1) is 6.67. The normalized spacial score (nSPS) is 32.8. The van der Waals surface area contributed by atoms with Gasteiger partial charge in [-0.25, -0.2) is 0 Å². The number of ether oxygens (including phenoxy) is 1. The van der Waals surface area contributed by atoms with E-state index in [0.717, 1.165) is 25.3 Å². The Labute approximate surface area is 91.4 Å². The summed E-state index contributed by atoms with van der Waals surface area (Å²) in [6.45, 7) is 4.77. The molecule has 0 saturated carbocycles. The van der Waals surface area contributed by atoms with Gasteiger partial charge in [0.1, 0.15) is 0 Å². The summed E-state index contributed by atoms with van der Waals surface area (Å²) in [6, 6.07) is 0. The molecular formula is C10H22N2OS. The van der Waals surface area contributed by atoms with Crippen LogP contribution in [0, 0.1) is 0 Å². The second-order valence-electron chi connectivity index (χ2n) is 3.99. The minimum atomic E-state index is 0.0791. The van der Waals surface area contributed by atoms with Gasteiger partial charge in [-0.3, -0.25) is 4.90 Å². The summed E-state index contributed by atoms with van der Waals surface area (Å²) in [4.78, 5) is 2.38. The van der Waals surface area contributed by atoms with Gasteiger partial charge in [-0.1, -0.05) is 0 Å². The van der Waals surface area contributed by atoms with Crippen LogP contribution in [0.1, 0.15) is 13.3 Å². The Morgan fingerprint density at radius 2 is 2.36 bits per heavy atom. The predicted octanol–water partition coefficient (Wildman–Crippen LogP) is 0.788. The highest BCUT2D eigenvalue weighted by Gasteiger charge is 2.43. The summed E-state index contributed by atoms with van der Waals surface area (Å²) in [5.41, 5.74) is 5.98. The van der Waals surface area contributed by atoms with Crippen LogP contribution in [0.4, 0.5) is 0 Å². The zero-order valence-electron chi connectivity index (χ0n) is 9.45. The van der Waals surface area contributed by atoms with E-state index >= 15 is 0 Å². The van der Waals surface area contributed by atoms with Crippen molar-refractivity contribution in [2.24, 2.45) is 5.73 Å². The largest absolute Gasteiger partial charge is 0.376 e. The molecule has 84 valence electrons. The van der Waals surface area contributed by atoms with E-state index in [4.69, 9.17) is 10.5 Å². The molecule has 2 N–H and O–H groups in total. The first-order valence-electron chi connectivity index (χ1n) is 5.19. The van der Waals surface area contributed by atoms with Gasteiger partial charge in [0.2, 0.25) is 0 Å². The van der Waals surface area contributed by atoms with E-state index in [1.165, 1.54) is 0 Å². The first kappa shape index (κ1) is 12.3. The second-order valence-corrected chi connectivity index (χ2v) is 4.97. The van der Waals surface area contributed by atoms with Crippen molar-refractivity contribution in [3.63, 3.8) is 0 Å². The third kappa shape index (κ3) is 2.24. The molecule has 14 heavy (non-hydrogen) atoms. The van der Waals surface area contributed by atoms with Crippen molar-refractivity contribution in [2.75, 3.05) is 38.8 Å². The Kier molecular flexibility index (Phi) is 4.70. The Morgan fingerprint density at radius 1 is 1.64 bits per heavy atom. The molecule has 1 heterocycles. The van der Waals surface area contributed by atoms with Crippen LogP contribution >= 0.6 is 11.8 Å². The fourth-order valence-electron chi connectivity index (χ4n) is 2.15. The monoisotopic (exact) mass is 218 g/mol. The van der Waals surface area contributed by atoms with E-state index in [-0.39, 0.29) is 11.6 Å². The van der Waals surface area contributed by atoms with E-state index in [2.05, 4.69) is 25.1 Å². The summed E-state index contributed by atoms with van der Waals surface area (Å²) in [5.74, 6) is 1.16. The molecule has 1 aliphatic heterocycles. The Bertz CT molecular complexity index is 180. The molecule has 1 fully saturated rings. The zero-order valence-corrected chi connectivity index (χ0v) is 10.3. The van der Waals surface area contributed by atoms with Gasteiger partial charge in [0.15, 0.2) is 0 Å². The maximum Gasteiger partial charge on any atom is 0.0743 e. The number of nitrogens with zero attached hydrogens (tertiary/aromatic N) is 1. The lowest BCUT2D eigenvalue weighted by Gasteiger charge is -2.40. The van der Waals surface area contributed by atoms with Crippen LogP contribution in [-0.4, -0.2) is 55.3 Å². The molecule has 0 spiro atoms. The molecular weight excluding hydrogens is 196 g/mol. The summed E-state index contributed by atoms with van der Waals surface area (Å²) >= 11 is 1.88. The molecule has 0 aliphatic carbocycles. The van der Waals surface area contributed by atoms with Gasteiger partial charge in [-0.15, -0.1) is 0 Å². The average Bonchev–Trinajstić information content (AvgIpc) is 2.57. The number of hydrogen-bond donors (Lipinski definition) is 1. The van der Waals surface area contributed by atoms with Crippen molar-refractivity contribution in [3.8, 4) is 0 Å². The summed E-state index contributed by atoms with van der Waals surface area (Å²) in [7, 11) is 2.16. The highest BCUT2D eigenvalue weighted by Crippen LogP contribution is 2.30. The van der Waals surface area contributed by atoms with Crippen LogP contribution in [-0.2, 0) is 4.74 Å². The van der Waals surface area contributed by atoms with E-state index in [1.807, 2.05) is 11.8 Å². The summed E-state index contributed by atoms with van der Waals surface area (Å²) in [6.07, 6.45) is 3.46. The second kappa shape index (κ2) is 5.35. The highest BCUT2D eigenvalue weighted by atomic mass is 32.2. The van der Waals surface area contributed by atoms with Gasteiger partial charge in [0.05, 0.1) is 11.6 Å². The molecule has 0 bridgehead atoms. The van der Waals surface area contributed by atoms with Crippen LogP contribution in [0.5, 0.6) is 0 Å². The fourth-order valence-corrected chi connectivity index (χ4v) is 2.60. The van der Waals surface area contributed by atoms with Crippen molar-refractivity contribution in [2.45, 2.75) is 25.0 Å². The lowest BCUT2D eigenvalue weighted by Crippen LogP contribution is -2.57. The van der Waals surface area contributed by atoms with Crippen molar-refractivity contribution >= 4 is 11.8 Å². The third-order valence-corrected chi connectivity index (χ3v) is 3.99. The van der Waals surface area contributed by atoms with Gasteiger partial charge in [0, 0.05) is 25.4 Å². The van der Waals surface area contributed by atoms with Crippen molar-refractivity contribution in [1.29, 1.82) is 0 Å². The molecule has 0 aromatic rings. The zero-order chi connectivity index (χ0) is 10.6. The average molecular weight is 218 g/mol. The Hall–Kier alpha value is 0.230. The first-order valence-corrected chi connectivity index (χ1v) is 6.58. The van der Waals surface area contributed by atoms with E-state index in [0.29, 0.717) is 6.54 Å². The van der Waals surface area contributed by atoms with Crippen LogP contribution in [0.15, 0.2) is 0 Å². The molecule has 0 radical (unpaired) electrons. The molecule has 0 amide bonds. The van der Waals surface area contributed by atoms with Crippen LogP contribution < -0.4 is 5.73 Å². The lowest BCUT2D eigenvalue weighted by molar-refractivity contribution is 0.0315. The fraction of sp³-hybridized carbons (Fsp3) is 1.00. The molecule has 0 aromatic heterocycles. The van der Waals surface area contributed by atoms with E-state index in [1.54, 1.807) is 0 Å². The number of rotatable bonds is 5. The van der Waals surface area contributed by atoms with Crippen LogP contribution in [0.3, 0.4) is 0 Å². The SMILES string of the molecule is CSCCN(C)C1(CN)CCOC1C. The van der Waals surface area contributed by atoms with Crippen molar-refractivity contribution in [3.05, 3.63) is 0 Å². The van der Waals surface area contributed by atoms with E-state index < -0.39 is 0 Å². The predicted molar refractivity (Wildman–Crippen MR) is 62.8 cm³/mol. The molecule has 2 atom stereocenters. The molecule has 0 aromatic carbocycles. The van der Waals surface area contributed by atoms with Gasteiger partial charge in [-0.2, -0.15) is 11.8 Å². The maximum absolute atomic E-state index is 5.90. The van der Waals surface area contributed by atoms with E-state index in [9.17, 15) is 0 Å². The minimum Gasteiger partial charge on any atom is -0.376 e. The smallest absolute Gasteiger partial charge is 0.0743 e. The lowest BCUT2D eigenvalue weighted by atomic mass is 9.90. The Morgan fingerprint density at radius 3 is 2.79 bits per heavy atom. The quantitative estimate of drug-likeness (QED) is 0.740. The number of thioether (sulfide) groups is 1. The topological polar surface area (TPSA) is 38.5 Å². The third-order valence-electron chi connectivity index (χ3n) is 3.40. The number of likely N-dealkylation sites (N-methyl/N-ethyl adjacent to an activating group) is 1. The van der Waals surface area contributed by atoms with Crippen molar-refractivity contribution < 1.29 is 4.74 Å². The molecule has 3 nitrogen and oxygen atoms in total. The number of nitrogens with two attached hydrogens (primary N) is 1. The maximum atomic E-state index is 5.90. The standard InChI is InChI=1S/C10H22N2OS/c1-9-10(8-11,4-6-13-9)12(2)5-7-14-3/h9H,4-8,11H2,1-3H3. The van der Waals surface area contributed by atoms with Crippen LogP contribution in [0.25, 0.3) is 0 Å². The van der Waals surface area contributed by atoms with Gasteiger partial charge < -0.3 is 10.5 Å².